The lowest BCUT2D eigenvalue weighted by molar-refractivity contribution is 0.716. The molecule has 2 heteroatoms. The fourth-order valence-electron chi connectivity index (χ4n) is 1.45. The Hall–Kier alpha value is 0.820. The van der Waals surface area contributed by atoms with Crippen molar-refractivity contribution in [2.75, 3.05) is 12.5 Å². The zero-order chi connectivity index (χ0) is 8.48. The summed E-state index contributed by atoms with van der Waals surface area (Å²) < 4.78 is 0. The van der Waals surface area contributed by atoms with E-state index in [-0.39, 0.29) is 7.20 Å². The largest absolute Gasteiger partial charge is 0.190 e. The van der Waals surface area contributed by atoms with Crippen LogP contribution in [0.4, 0.5) is 0 Å². The number of allylic oxidation sites excluding steroid dienone is 2. The Morgan fingerprint density at radius 2 is 2.18 bits per heavy atom. The van der Waals surface area contributed by atoms with E-state index in [1.165, 1.54) is 19.3 Å². The molecule has 1 unspecified atom stereocenters. The summed E-state index contributed by atoms with van der Waals surface area (Å²) >= 11 is 2.66. The Morgan fingerprint density at radius 1 is 1.55 bits per heavy atom. The van der Waals surface area contributed by atoms with Crippen LogP contribution >= 0.6 is 28.4 Å². The molecule has 1 atom stereocenters. The van der Waals surface area contributed by atoms with Gasteiger partial charge in [0.25, 0.3) is 0 Å². The summed E-state index contributed by atoms with van der Waals surface area (Å²) in [6.07, 6.45) is 11.4. The van der Waals surface area contributed by atoms with E-state index in [0.717, 1.165) is 5.25 Å². The summed E-state index contributed by atoms with van der Waals surface area (Å²) in [6.45, 7) is 2.26. The third-order valence-corrected chi connectivity index (χ3v) is 6.55. The molecule has 1 aliphatic carbocycles. The summed E-state index contributed by atoms with van der Waals surface area (Å²) in [6, 6.07) is 0. The van der Waals surface area contributed by atoms with Gasteiger partial charge < -0.3 is 0 Å². The van der Waals surface area contributed by atoms with Gasteiger partial charge in [0.05, 0.1) is 0 Å². The predicted molar refractivity (Wildman–Crippen MR) is 64.9 cm³/mol. The van der Waals surface area contributed by atoms with Crippen molar-refractivity contribution in [1.29, 1.82) is 0 Å². The van der Waals surface area contributed by atoms with Crippen LogP contribution in [0, 0.1) is 0 Å². The number of hydrogen-bond acceptors (Lipinski definition) is 0. The second kappa shape index (κ2) is 3.69. The molecule has 0 nitrogen and oxygen atoms in total. The van der Waals surface area contributed by atoms with Crippen LogP contribution in [0.5, 0.6) is 0 Å². The Labute approximate surface area is 83.7 Å². The van der Waals surface area contributed by atoms with Crippen LogP contribution in [-0.2, 0) is 0 Å². The normalized spacial score (nSPS) is 28.0. The molecule has 0 bridgehead atoms. The van der Waals surface area contributed by atoms with E-state index in [9.17, 15) is 0 Å². The third kappa shape index (κ3) is 2.98. The molecular weight excluding hydrogens is 267 g/mol. The van der Waals surface area contributed by atoms with Gasteiger partial charge in [-0.25, -0.2) is 0 Å². The lowest BCUT2D eigenvalue weighted by atomic mass is 10.0. The van der Waals surface area contributed by atoms with E-state index >= 15 is 0 Å². The standard InChI is InChI=1S/C9H17IS/c1-8-4-6-9(7-5-8)11(2,3)10/h4,9H,5-7H2,1-3H3. The van der Waals surface area contributed by atoms with Crippen LogP contribution in [0.1, 0.15) is 26.2 Å². The second-order valence-corrected chi connectivity index (χ2v) is 13.8. The fourth-order valence-corrected chi connectivity index (χ4v) is 4.07. The Kier molecular flexibility index (Phi) is 3.32. The quantitative estimate of drug-likeness (QED) is 0.506. The first-order valence-electron chi connectivity index (χ1n) is 4.07. The molecule has 0 saturated heterocycles. The first kappa shape index (κ1) is 9.90. The van der Waals surface area contributed by atoms with E-state index in [2.05, 4.69) is 46.7 Å². The topological polar surface area (TPSA) is 0 Å². The molecule has 1 rings (SSSR count). The van der Waals surface area contributed by atoms with Gasteiger partial charge in [0.15, 0.2) is 0 Å². The maximum atomic E-state index is 2.66. The van der Waals surface area contributed by atoms with Gasteiger partial charge in [0, 0.05) is 5.25 Å². The summed E-state index contributed by atoms with van der Waals surface area (Å²) in [7, 11) is -0.324. The number of hydrogen-bond donors (Lipinski definition) is 0. The van der Waals surface area contributed by atoms with E-state index in [4.69, 9.17) is 0 Å². The van der Waals surface area contributed by atoms with E-state index in [1.807, 2.05) is 0 Å². The van der Waals surface area contributed by atoms with Gasteiger partial charge >= 0.3 is 0 Å². The Bertz CT molecular complexity index is 167. The minimum absolute atomic E-state index is 0.324. The molecule has 1 aliphatic rings. The Balaban J connectivity index is 2.54. The second-order valence-electron chi connectivity index (χ2n) is 3.72. The van der Waals surface area contributed by atoms with Gasteiger partial charge in [-0.15, -0.1) is 0 Å². The van der Waals surface area contributed by atoms with Gasteiger partial charge in [-0.2, -0.15) is 7.20 Å². The first-order chi connectivity index (χ1) is 5.00. The van der Waals surface area contributed by atoms with Crippen molar-refractivity contribution in [2.24, 2.45) is 0 Å². The summed E-state index contributed by atoms with van der Waals surface area (Å²) in [5, 5.41) is 0.979. The lowest BCUT2D eigenvalue weighted by Crippen LogP contribution is -2.14. The Morgan fingerprint density at radius 3 is 2.55 bits per heavy atom. The molecular formula is C9H17IS. The maximum Gasteiger partial charge on any atom is 0.000366 e. The molecule has 0 radical (unpaired) electrons. The molecule has 0 aromatic rings. The number of halogens is 1. The van der Waals surface area contributed by atoms with Crippen molar-refractivity contribution in [3.05, 3.63) is 11.6 Å². The molecule has 0 aliphatic heterocycles. The minimum atomic E-state index is -0.324. The van der Waals surface area contributed by atoms with Crippen LogP contribution in [0.15, 0.2) is 11.6 Å². The van der Waals surface area contributed by atoms with Crippen molar-refractivity contribution >= 4 is 28.4 Å². The average molecular weight is 284 g/mol. The highest BCUT2D eigenvalue weighted by molar-refractivity contribution is 14.2. The molecule has 0 heterocycles. The van der Waals surface area contributed by atoms with Crippen LogP contribution in [0.25, 0.3) is 0 Å². The zero-order valence-corrected chi connectivity index (χ0v) is 10.5. The SMILES string of the molecule is CC1=CCC(S(C)(C)I)CC1. The molecule has 0 aromatic heterocycles. The molecule has 0 saturated carbocycles. The molecule has 11 heavy (non-hydrogen) atoms. The highest BCUT2D eigenvalue weighted by Gasteiger charge is 2.22. The van der Waals surface area contributed by atoms with Crippen molar-refractivity contribution in [3.8, 4) is 0 Å². The van der Waals surface area contributed by atoms with Gasteiger partial charge in [-0.1, -0.05) is 11.6 Å². The maximum absolute atomic E-state index is 2.66. The predicted octanol–water partition coefficient (Wildman–Crippen LogP) is 3.90. The molecule has 0 fully saturated rings. The lowest BCUT2D eigenvalue weighted by Gasteiger charge is -2.35. The van der Waals surface area contributed by atoms with Crippen molar-refractivity contribution in [3.63, 3.8) is 0 Å². The third-order valence-electron chi connectivity index (χ3n) is 2.38. The van der Waals surface area contributed by atoms with Gasteiger partial charge in [-0.05, 0) is 59.9 Å². The highest BCUT2D eigenvalue weighted by Crippen LogP contribution is 2.57. The molecule has 0 N–H and O–H groups in total. The average Bonchev–Trinajstić information content (AvgIpc) is 1.86. The molecule has 0 amide bonds. The number of rotatable bonds is 1. The van der Waals surface area contributed by atoms with Crippen LogP contribution in [0.3, 0.4) is 0 Å². The summed E-state index contributed by atoms with van der Waals surface area (Å²) in [5.74, 6) is 0. The summed E-state index contributed by atoms with van der Waals surface area (Å²) in [5.41, 5.74) is 1.60. The van der Waals surface area contributed by atoms with E-state index in [0.29, 0.717) is 0 Å². The van der Waals surface area contributed by atoms with E-state index < -0.39 is 0 Å². The van der Waals surface area contributed by atoms with Crippen molar-refractivity contribution in [1.82, 2.24) is 0 Å². The van der Waals surface area contributed by atoms with Gasteiger partial charge in [0.2, 0.25) is 0 Å². The van der Waals surface area contributed by atoms with Gasteiger partial charge in [0.1, 0.15) is 0 Å². The highest BCUT2D eigenvalue weighted by atomic mass is 127. The van der Waals surface area contributed by atoms with Crippen LogP contribution in [-0.4, -0.2) is 17.8 Å². The van der Waals surface area contributed by atoms with Crippen LogP contribution < -0.4 is 0 Å². The zero-order valence-electron chi connectivity index (χ0n) is 7.56. The molecule has 66 valence electrons. The monoisotopic (exact) mass is 284 g/mol. The minimum Gasteiger partial charge on any atom is -0.190 e. The molecule has 0 spiro atoms. The smallest absolute Gasteiger partial charge is 0.000366 e. The van der Waals surface area contributed by atoms with Crippen molar-refractivity contribution < 1.29 is 0 Å². The van der Waals surface area contributed by atoms with Crippen LogP contribution in [0.2, 0.25) is 0 Å². The van der Waals surface area contributed by atoms with E-state index in [1.54, 1.807) is 5.57 Å². The fraction of sp³-hybridized carbons (Fsp3) is 0.778. The summed E-state index contributed by atoms with van der Waals surface area (Å²) in [4.78, 5) is 0. The van der Waals surface area contributed by atoms with Gasteiger partial charge in [-0.3, -0.25) is 0 Å². The van der Waals surface area contributed by atoms with Crippen molar-refractivity contribution in [2.45, 2.75) is 31.4 Å². The first-order valence-corrected chi connectivity index (χ1v) is 9.13. The molecule has 0 aromatic carbocycles.